The number of rotatable bonds is 4. The lowest BCUT2D eigenvalue weighted by molar-refractivity contribution is -0.150. The van der Waals surface area contributed by atoms with Crippen molar-refractivity contribution < 1.29 is 14.7 Å². The fourth-order valence-electron chi connectivity index (χ4n) is 3.42. The maximum atomic E-state index is 11.9. The van der Waals surface area contributed by atoms with Gasteiger partial charge in [-0.15, -0.1) is 0 Å². The number of nitrogens with zero attached hydrogens (tertiary/aromatic N) is 1. The highest BCUT2D eigenvalue weighted by Gasteiger charge is 2.46. The average Bonchev–Trinajstić information content (AvgIpc) is 2.28. The second-order valence-electron chi connectivity index (χ2n) is 6.80. The summed E-state index contributed by atoms with van der Waals surface area (Å²) in [4.78, 5) is 25.1. The summed E-state index contributed by atoms with van der Waals surface area (Å²) in [6, 6.07) is 0.228. The van der Waals surface area contributed by atoms with Crippen molar-refractivity contribution in [3.05, 3.63) is 0 Å². The summed E-state index contributed by atoms with van der Waals surface area (Å²) < 4.78 is 0. The highest BCUT2D eigenvalue weighted by atomic mass is 16.4. The molecule has 2 fully saturated rings. The van der Waals surface area contributed by atoms with E-state index in [0.29, 0.717) is 13.0 Å². The molecule has 1 heterocycles. The first-order valence-corrected chi connectivity index (χ1v) is 7.58. The van der Waals surface area contributed by atoms with E-state index in [1.807, 2.05) is 18.7 Å². The summed E-state index contributed by atoms with van der Waals surface area (Å²) >= 11 is 0. The van der Waals surface area contributed by atoms with Crippen LogP contribution in [0.3, 0.4) is 0 Å². The molecule has 20 heavy (non-hydrogen) atoms. The van der Waals surface area contributed by atoms with Crippen LogP contribution in [0, 0.1) is 17.3 Å². The van der Waals surface area contributed by atoms with Crippen LogP contribution in [0.4, 0.5) is 0 Å². The summed E-state index contributed by atoms with van der Waals surface area (Å²) in [6.07, 6.45) is 2.62. The van der Waals surface area contributed by atoms with Crippen molar-refractivity contribution in [2.45, 2.75) is 46.1 Å². The molecule has 5 nitrogen and oxygen atoms in total. The maximum Gasteiger partial charge on any atom is 0.307 e. The van der Waals surface area contributed by atoms with Crippen molar-refractivity contribution in [3.8, 4) is 0 Å². The quantitative estimate of drug-likeness (QED) is 0.816. The Bertz CT molecular complexity index is 391. The highest BCUT2D eigenvalue weighted by Crippen LogP contribution is 2.45. The molecule has 3 atom stereocenters. The highest BCUT2D eigenvalue weighted by molar-refractivity contribution is 5.79. The zero-order valence-corrected chi connectivity index (χ0v) is 12.7. The zero-order valence-electron chi connectivity index (χ0n) is 12.7. The van der Waals surface area contributed by atoms with Crippen LogP contribution in [0.5, 0.6) is 0 Å². The molecule has 0 aromatic heterocycles. The molecule has 3 unspecified atom stereocenters. The van der Waals surface area contributed by atoms with E-state index in [0.717, 1.165) is 25.9 Å². The van der Waals surface area contributed by atoms with Crippen LogP contribution in [0.1, 0.15) is 40.0 Å². The molecule has 2 N–H and O–H groups in total. The minimum atomic E-state index is -0.697. The number of aliphatic carboxylic acids is 1. The lowest BCUT2D eigenvalue weighted by atomic mass is 9.61. The minimum Gasteiger partial charge on any atom is -0.481 e. The van der Waals surface area contributed by atoms with Crippen molar-refractivity contribution in [3.63, 3.8) is 0 Å². The standard InChI is InChI=1S/C15H26N2O3/c1-10-12(16-9-13(18)17-7-4-8-17)6-5-11(14(19)20)15(10,2)3/h10-12,16H,4-9H2,1-3H3,(H,19,20). The van der Waals surface area contributed by atoms with Crippen molar-refractivity contribution in [2.24, 2.45) is 17.3 Å². The number of carbonyl (C=O) groups is 2. The number of carbonyl (C=O) groups excluding carboxylic acids is 1. The molecular weight excluding hydrogens is 256 g/mol. The first-order valence-electron chi connectivity index (χ1n) is 7.58. The Morgan fingerprint density at radius 1 is 1.30 bits per heavy atom. The number of likely N-dealkylation sites (tertiary alicyclic amines) is 1. The first kappa shape index (κ1) is 15.3. The summed E-state index contributed by atoms with van der Waals surface area (Å²) in [5.41, 5.74) is -0.248. The van der Waals surface area contributed by atoms with Crippen LogP contribution in [0.15, 0.2) is 0 Å². The molecule has 1 saturated carbocycles. The van der Waals surface area contributed by atoms with Gasteiger partial charge in [0.25, 0.3) is 0 Å². The Balaban J connectivity index is 1.90. The van der Waals surface area contributed by atoms with Crippen LogP contribution >= 0.6 is 0 Å². The molecule has 2 rings (SSSR count). The fourth-order valence-corrected chi connectivity index (χ4v) is 3.42. The van der Waals surface area contributed by atoms with E-state index in [2.05, 4.69) is 12.2 Å². The molecule has 0 bridgehead atoms. The van der Waals surface area contributed by atoms with Gasteiger partial charge in [-0.05, 0) is 30.6 Å². The van der Waals surface area contributed by atoms with Crippen LogP contribution < -0.4 is 5.32 Å². The molecule has 0 radical (unpaired) electrons. The van der Waals surface area contributed by atoms with Gasteiger partial charge in [0.05, 0.1) is 12.5 Å². The number of hydrogen-bond acceptors (Lipinski definition) is 3. The van der Waals surface area contributed by atoms with Gasteiger partial charge in [-0.25, -0.2) is 0 Å². The van der Waals surface area contributed by atoms with Crippen molar-refractivity contribution >= 4 is 11.9 Å². The lowest BCUT2D eigenvalue weighted by Gasteiger charge is -2.46. The topological polar surface area (TPSA) is 69.6 Å². The smallest absolute Gasteiger partial charge is 0.307 e. The Labute approximate surface area is 120 Å². The third-order valence-electron chi connectivity index (χ3n) is 5.46. The van der Waals surface area contributed by atoms with Crippen molar-refractivity contribution in [1.29, 1.82) is 0 Å². The van der Waals surface area contributed by atoms with Crippen LogP contribution in [-0.4, -0.2) is 47.6 Å². The summed E-state index contributed by atoms with van der Waals surface area (Å²) in [6.45, 7) is 8.30. The number of carboxylic acids is 1. The van der Waals surface area contributed by atoms with Crippen molar-refractivity contribution in [2.75, 3.05) is 19.6 Å². The monoisotopic (exact) mass is 282 g/mol. The minimum absolute atomic E-state index is 0.168. The summed E-state index contributed by atoms with van der Waals surface area (Å²) in [5.74, 6) is -0.582. The number of carboxylic acid groups (broad SMARTS) is 1. The van der Waals surface area contributed by atoms with Crippen LogP contribution in [0.2, 0.25) is 0 Å². The molecule has 5 heteroatoms. The molecular formula is C15H26N2O3. The van der Waals surface area contributed by atoms with E-state index in [-0.39, 0.29) is 29.2 Å². The largest absolute Gasteiger partial charge is 0.481 e. The van der Waals surface area contributed by atoms with Gasteiger partial charge in [0, 0.05) is 19.1 Å². The number of hydrogen-bond donors (Lipinski definition) is 2. The zero-order chi connectivity index (χ0) is 14.9. The Morgan fingerprint density at radius 2 is 1.95 bits per heavy atom. The second kappa shape index (κ2) is 5.72. The number of nitrogens with one attached hydrogen (secondary N) is 1. The molecule has 114 valence electrons. The molecule has 0 spiro atoms. The van der Waals surface area contributed by atoms with Gasteiger partial charge < -0.3 is 15.3 Å². The van der Waals surface area contributed by atoms with E-state index in [4.69, 9.17) is 0 Å². The molecule has 1 aliphatic carbocycles. The van der Waals surface area contributed by atoms with Gasteiger partial charge in [0.1, 0.15) is 0 Å². The van der Waals surface area contributed by atoms with Gasteiger partial charge in [-0.1, -0.05) is 20.8 Å². The van der Waals surface area contributed by atoms with E-state index in [9.17, 15) is 14.7 Å². The number of amides is 1. The molecule has 1 saturated heterocycles. The first-order chi connectivity index (χ1) is 9.34. The van der Waals surface area contributed by atoms with Gasteiger partial charge >= 0.3 is 5.97 Å². The summed E-state index contributed by atoms with van der Waals surface area (Å²) in [7, 11) is 0. The van der Waals surface area contributed by atoms with E-state index in [1.165, 1.54) is 0 Å². The van der Waals surface area contributed by atoms with Crippen LogP contribution in [-0.2, 0) is 9.59 Å². The second-order valence-corrected chi connectivity index (χ2v) is 6.80. The van der Waals surface area contributed by atoms with Gasteiger partial charge in [-0.2, -0.15) is 0 Å². The lowest BCUT2D eigenvalue weighted by Crippen LogP contribution is -2.54. The van der Waals surface area contributed by atoms with E-state index in [1.54, 1.807) is 0 Å². The molecule has 2 aliphatic rings. The Morgan fingerprint density at radius 3 is 2.45 bits per heavy atom. The summed E-state index contributed by atoms with van der Waals surface area (Å²) in [5, 5.41) is 12.7. The fraction of sp³-hybridized carbons (Fsp3) is 0.867. The molecule has 0 aromatic rings. The van der Waals surface area contributed by atoms with Gasteiger partial charge in [-0.3, -0.25) is 9.59 Å². The molecule has 1 amide bonds. The molecule has 0 aromatic carbocycles. The third-order valence-corrected chi connectivity index (χ3v) is 5.46. The SMILES string of the molecule is CC1C(NCC(=O)N2CCC2)CCC(C(=O)O)C1(C)C. The van der Waals surface area contributed by atoms with E-state index >= 15 is 0 Å². The average molecular weight is 282 g/mol. The van der Waals surface area contributed by atoms with Crippen molar-refractivity contribution in [1.82, 2.24) is 10.2 Å². The Kier molecular flexibility index (Phi) is 4.37. The van der Waals surface area contributed by atoms with Crippen LogP contribution in [0.25, 0.3) is 0 Å². The van der Waals surface area contributed by atoms with Gasteiger partial charge in [0.15, 0.2) is 0 Å². The molecule has 1 aliphatic heterocycles. The predicted molar refractivity (Wildman–Crippen MR) is 76.3 cm³/mol. The van der Waals surface area contributed by atoms with Gasteiger partial charge in [0.2, 0.25) is 5.91 Å². The Hall–Kier alpha value is -1.10. The van der Waals surface area contributed by atoms with E-state index < -0.39 is 5.97 Å². The third kappa shape index (κ3) is 2.82. The normalized spacial score (nSPS) is 32.5. The predicted octanol–water partition coefficient (Wildman–Crippen LogP) is 1.33. The maximum absolute atomic E-state index is 11.9.